The van der Waals surface area contributed by atoms with E-state index < -0.39 is 12.0 Å². The monoisotopic (exact) mass is 279 g/mol. The third-order valence-electron chi connectivity index (χ3n) is 1.91. The zero-order chi connectivity index (χ0) is 12.1. The van der Waals surface area contributed by atoms with Crippen LogP contribution in [0.1, 0.15) is 6.42 Å². The molecule has 0 saturated heterocycles. The highest BCUT2D eigenvalue weighted by Gasteiger charge is 2.10. The van der Waals surface area contributed by atoms with Gasteiger partial charge in [-0.3, -0.25) is 4.79 Å². The van der Waals surface area contributed by atoms with Crippen LogP contribution in [0.15, 0.2) is 23.1 Å². The van der Waals surface area contributed by atoms with Crippen LogP contribution in [-0.2, 0) is 4.79 Å². The second kappa shape index (κ2) is 6.35. The van der Waals surface area contributed by atoms with Gasteiger partial charge >= 0.3 is 5.97 Å². The zero-order valence-electron chi connectivity index (χ0n) is 8.32. The van der Waals surface area contributed by atoms with Crippen LogP contribution in [-0.4, -0.2) is 22.9 Å². The molecule has 0 fully saturated rings. The maximum absolute atomic E-state index is 10.5. The number of aliphatic carboxylic acids is 1. The van der Waals surface area contributed by atoms with Gasteiger partial charge in [0, 0.05) is 10.6 Å². The molecule has 0 bridgehead atoms. The summed E-state index contributed by atoms with van der Waals surface area (Å²) >= 11 is 13.1. The van der Waals surface area contributed by atoms with Gasteiger partial charge in [0.1, 0.15) is 6.04 Å². The molecule has 0 aromatic heterocycles. The van der Waals surface area contributed by atoms with Gasteiger partial charge in [-0.25, -0.2) is 0 Å². The van der Waals surface area contributed by atoms with Gasteiger partial charge < -0.3 is 10.8 Å². The van der Waals surface area contributed by atoms with Crippen LogP contribution < -0.4 is 5.73 Å². The lowest BCUT2D eigenvalue weighted by Gasteiger charge is -2.06. The molecule has 1 aromatic carbocycles. The van der Waals surface area contributed by atoms with E-state index in [0.717, 1.165) is 4.90 Å². The summed E-state index contributed by atoms with van der Waals surface area (Å²) in [5, 5.41) is 9.59. The molecular formula is C10H11Cl2NO2S. The first-order valence-corrected chi connectivity index (χ1v) is 6.31. The van der Waals surface area contributed by atoms with Gasteiger partial charge in [0.05, 0.1) is 10.0 Å². The third kappa shape index (κ3) is 4.22. The van der Waals surface area contributed by atoms with E-state index in [9.17, 15) is 4.79 Å². The van der Waals surface area contributed by atoms with E-state index in [1.54, 1.807) is 12.1 Å². The minimum Gasteiger partial charge on any atom is -0.480 e. The predicted octanol–water partition coefficient (Wildman–Crippen LogP) is 2.89. The largest absolute Gasteiger partial charge is 0.480 e. The number of benzene rings is 1. The standard InChI is InChI=1S/C10H11Cl2NO2S/c11-7-2-1-6(5-8(7)12)16-4-3-9(13)10(14)15/h1-2,5,9H,3-4,13H2,(H,14,15). The number of carbonyl (C=O) groups is 1. The summed E-state index contributed by atoms with van der Waals surface area (Å²) in [4.78, 5) is 11.4. The van der Waals surface area contributed by atoms with Crippen LogP contribution in [0.2, 0.25) is 10.0 Å². The third-order valence-corrected chi connectivity index (χ3v) is 3.67. The normalized spacial score (nSPS) is 12.4. The molecule has 1 rings (SSSR count). The maximum Gasteiger partial charge on any atom is 0.320 e. The first kappa shape index (κ1) is 13.6. The van der Waals surface area contributed by atoms with Crippen molar-refractivity contribution in [1.29, 1.82) is 0 Å². The number of carboxylic acids is 1. The number of nitrogens with two attached hydrogens (primary N) is 1. The quantitative estimate of drug-likeness (QED) is 0.814. The van der Waals surface area contributed by atoms with Crippen molar-refractivity contribution in [2.75, 3.05) is 5.75 Å². The molecule has 0 aliphatic rings. The molecule has 1 atom stereocenters. The van der Waals surface area contributed by atoms with Crippen molar-refractivity contribution in [1.82, 2.24) is 0 Å². The topological polar surface area (TPSA) is 63.3 Å². The summed E-state index contributed by atoms with van der Waals surface area (Å²) in [7, 11) is 0. The lowest BCUT2D eigenvalue weighted by atomic mass is 10.2. The predicted molar refractivity (Wildman–Crippen MR) is 67.4 cm³/mol. The molecule has 3 N–H and O–H groups in total. The van der Waals surface area contributed by atoms with E-state index in [4.69, 9.17) is 34.0 Å². The fourth-order valence-corrected chi connectivity index (χ4v) is 2.33. The fourth-order valence-electron chi connectivity index (χ4n) is 0.994. The van der Waals surface area contributed by atoms with Crippen LogP contribution in [0.25, 0.3) is 0 Å². The molecule has 1 aromatic rings. The molecule has 1 unspecified atom stereocenters. The van der Waals surface area contributed by atoms with Gasteiger partial charge in [0.25, 0.3) is 0 Å². The summed E-state index contributed by atoms with van der Waals surface area (Å²) < 4.78 is 0. The molecule has 0 spiro atoms. The van der Waals surface area contributed by atoms with E-state index in [2.05, 4.69) is 0 Å². The number of rotatable bonds is 5. The first-order valence-electron chi connectivity index (χ1n) is 4.57. The summed E-state index contributed by atoms with van der Waals surface area (Å²) in [6.45, 7) is 0. The Balaban J connectivity index is 2.43. The molecule has 0 radical (unpaired) electrons. The molecule has 6 heteroatoms. The summed E-state index contributed by atoms with van der Waals surface area (Å²) in [5.41, 5.74) is 5.37. The van der Waals surface area contributed by atoms with Crippen molar-refractivity contribution in [2.45, 2.75) is 17.4 Å². The summed E-state index contributed by atoms with van der Waals surface area (Å²) in [6.07, 6.45) is 0.417. The van der Waals surface area contributed by atoms with E-state index >= 15 is 0 Å². The lowest BCUT2D eigenvalue weighted by molar-refractivity contribution is -0.138. The molecule has 3 nitrogen and oxygen atoms in total. The van der Waals surface area contributed by atoms with Gasteiger partial charge in [-0.1, -0.05) is 23.2 Å². The minimum atomic E-state index is -0.977. The Morgan fingerprint density at radius 2 is 2.12 bits per heavy atom. The van der Waals surface area contributed by atoms with Crippen LogP contribution in [0, 0.1) is 0 Å². The molecular weight excluding hydrogens is 269 g/mol. The summed E-state index contributed by atoms with van der Waals surface area (Å²) in [6, 6.07) is 4.49. The van der Waals surface area contributed by atoms with Crippen molar-refractivity contribution in [3.63, 3.8) is 0 Å². The number of hydrogen-bond acceptors (Lipinski definition) is 3. The Hall–Kier alpha value is -0.420. The Bertz CT molecular complexity index is 387. The highest BCUT2D eigenvalue weighted by atomic mass is 35.5. The first-order chi connectivity index (χ1) is 7.50. The lowest BCUT2D eigenvalue weighted by Crippen LogP contribution is -2.30. The maximum atomic E-state index is 10.5. The van der Waals surface area contributed by atoms with E-state index in [0.29, 0.717) is 22.2 Å². The van der Waals surface area contributed by atoms with Crippen molar-refractivity contribution < 1.29 is 9.90 Å². The number of hydrogen-bond donors (Lipinski definition) is 2. The van der Waals surface area contributed by atoms with E-state index in [1.807, 2.05) is 6.07 Å². The minimum absolute atomic E-state index is 0.417. The van der Waals surface area contributed by atoms with Crippen LogP contribution in [0.3, 0.4) is 0 Å². The van der Waals surface area contributed by atoms with Crippen molar-refractivity contribution >= 4 is 40.9 Å². The average Bonchev–Trinajstić information content (AvgIpc) is 2.23. The van der Waals surface area contributed by atoms with Crippen LogP contribution in [0.5, 0.6) is 0 Å². The Labute approximate surface area is 108 Å². The molecule has 0 aliphatic carbocycles. The second-order valence-electron chi connectivity index (χ2n) is 3.16. The number of thioether (sulfide) groups is 1. The van der Waals surface area contributed by atoms with Gasteiger partial charge in [-0.05, 0) is 24.6 Å². The van der Waals surface area contributed by atoms with E-state index in [-0.39, 0.29) is 0 Å². The Kier molecular flexibility index (Phi) is 5.41. The van der Waals surface area contributed by atoms with Crippen LogP contribution in [0.4, 0.5) is 0 Å². The Morgan fingerprint density at radius 1 is 1.44 bits per heavy atom. The van der Waals surface area contributed by atoms with E-state index in [1.165, 1.54) is 11.8 Å². The Morgan fingerprint density at radius 3 is 2.69 bits per heavy atom. The van der Waals surface area contributed by atoms with Gasteiger partial charge in [0.2, 0.25) is 0 Å². The van der Waals surface area contributed by atoms with Gasteiger partial charge in [-0.2, -0.15) is 0 Å². The fraction of sp³-hybridized carbons (Fsp3) is 0.300. The highest BCUT2D eigenvalue weighted by Crippen LogP contribution is 2.28. The van der Waals surface area contributed by atoms with Crippen LogP contribution >= 0.6 is 35.0 Å². The smallest absolute Gasteiger partial charge is 0.320 e. The van der Waals surface area contributed by atoms with Crippen molar-refractivity contribution in [3.8, 4) is 0 Å². The van der Waals surface area contributed by atoms with Crippen molar-refractivity contribution in [2.24, 2.45) is 5.73 Å². The number of halogens is 2. The molecule has 16 heavy (non-hydrogen) atoms. The molecule has 0 heterocycles. The van der Waals surface area contributed by atoms with Gasteiger partial charge in [0.15, 0.2) is 0 Å². The SMILES string of the molecule is NC(CCSc1ccc(Cl)c(Cl)c1)C(=O)O. The molecule has 0 aliphatic heterocycles. The zero-order valence-corrected chi connectivity index (χ0v) is 10.6. The molecule has 0 amide bonds. The van der Waals surface area contributed by atoms with Gasteiger partial charge in [-0.15, -0.1) is 11.8 Å². The molecule has 0 saturated carbocycles. The second-order valence-corrected chi connectivity index (χ2v) is 5.14. The summed E-state index contributed by atoms with van der Waals surface area (Å²) in [5.74, 6) is -0.347. The average molecular weight is 280 g/mol. The number of carboxylic acid groups (broad SMARTS) is 1. The molecule has 88 valence electrons. The highest BCUT2D eigenvalue weighted by molar-refractivity contribution is 7.99. The van der Waals surface area contributed by atoms with Crippen molar-refractivity contribution in [3.05, 3.63) is 28.2 Å².